The minimum Gasteiger partial charge on any atom is -0.394 e. The predicted molar refractivity (Wildman–Crippen MR) is 159 cm³/mol. The Morgan fingerprint density at radius 3 is 2.50 bits per heavy atom. The standard InChI is InChI=1S/C32H44N4O4/c1-20(2)23(5)33-32(39)34(6)17-28-21(3)16-36(22(4)18-37)31(38)30-29(25-13-9-8-12-24(25)19-40-28)26-14-10-11-15-27(26)35(30)7/h8-15,20-23,28,37H,16-19H2,1-7H3,(H,33,39)/t21-,22+,23+,28+/m0/s1. The first kappa shape index (κ1) is 29.6. The molecule has 3 amide bonds. The summed E-state index contributed by atoms with van der Waals surface area (Å²) in [6.07, 6.45) is -0.336. The molecule has 0 aliphatic carbocycles. The molecule has 0 bridgehead atoms. The van der Waals surface area contributed by atoms with Gasteiger partial charge >= 0.3 is 6.03 Å². The molecule has 3 aromatic rings. The number of urea groups is 1. The molecule has 0 spiro atoms. The third-order valence-corrected chi connectivity index (χ3v) is 8.38. The van der Waals surface area contributed by atoms with E-state index in [0.29, 0.717) is 31.3 Å². The van der Waals surface area contributed by atoms with Gasteiger partial charge in [0.05, 0.1) is 25.4 Å². The summed E-state index contributed by atoms with van der Waals surface area (Å²) in [6.45, 7) is 11.0. The number of aryl methyl sites for hydroxylation is 1. The van der Waals surface area contributed by atoms with Gasteiger partial charge in [0.2, 0.25) is 0 Å². The fraction of sp³-hybridized carbons (Fsp3) is 0.500. The van der Waals surface area contributed by atoms with Crippen LogP contribution in [-0.2, 0) is 18.4 Å². The number of fused-ring (bicyclic) bond motifs is 5. The quantitative estimate of drug-likeness (QED) is 0.459. The minimum absolute atomic E-state index is 0.0413. The second-order valence-corrected chi connectivity index (χ2v) is 11.6. The number of hydrogen-bond acceptors (Lipinski definition) is 4. The lowest BCUT2D eigenvalue weighted by molar-refractivity contribution is -0.0186. The van der Waals surface area contributed by atoms with Gasteiger partial charge in [-0.05, 0) is 37.0 Å². The minimum atomic E-state index is -0.398. The Morgan fingerprint density at radius 1 is 1.12 bits per heavy atom. The molecule has 4 rings (SSSR count). The van der Waals surface area contributed by atoms with Crippen LogP contribution in [0.5, 0.6) is 0 Å². The zero-order valence-electron chi connectivity index (χ0n) is 24.8. The van der Waals surface area contributed by atoms with E-state index in [1.807, 2.05) is 74.9 Å². The lowest BCUT2D eigenvalue weighted by Gasteiger charge is -2.35. The molecule has 2 heterocycles. The number of para-hydroxylation sites is 1. The molecule has 1 aliphatic rings. The van der Waals surface area contributed by atoms with E-state index in [0.717, 1.165) is 27.6 Å². The second kappa shape index (κ2) is 12.4. The van der Waals surface area contributed by atoms with Crippen LogP contribution in [0.2, 0.25) is 0 Å². The molecule has 40 heavy (non-hydrogen) atoms. The molecule has 4 atom stereocenters. The van der Waals surface area contributed by atoms with Gasteiger partial charge in [-0.2, -0.15) is 0 Å². The van der Waals surface area contributed by atoms with Gasteiger partial charge in [-0.25, -0.2) is 4.79 Å². The molecule has 216 valence electrons. The summed E-state index contributed by atoms with van der Waals surface area (Å²) >= 11 is 0. The first-order valence-electron chi connectivity index (χ1n) is 14.3. The molecule has 0 saturated carbocycles. The molecule has 1 aliphatic heterocycles. The van der Waals surface area contributed by atoms with E-state index in [9.17, 15) is 14.7 Å². The van der Waals surface area contributed by atoms with E-state index in [1.165, 1.54) is 0 Å². The topological polar surface area (TPSA) is 87.0 Å². The Labute approximate surface area is 237 Å². The Morgan fingerprint density at radius 2 is 1.80 bits per heavy atom. The number of amides is 3. The van der Waals surface area contributed by atoms with E-state index < -0.39 is 6.04 Å². The highest BCUT2D eigenvalue weighted by Crippen LogP contribution is 2.38. The number of nitrogens with zero attached hydrogens (tertiary/aromatic N) is 3. The van der Waals surface area contributed by atoms with Crippen LogP contribution in [0.25, 0.3) is 22.0 Å². The number of aliphatic hydroxyl groups excluding tert-OH is 1. The summed E-state index contributed by atoms with van der Waals surface area (Å²) in [5, 5.41) is 14.2. The van der Waals surface area contributed by atoms with Crippen LogP contribution in [0.1, 0.15) is 50.7 Å². The van der Waals surface area contributed by atoms with Crippen molar-refractivity contribution < 1.29 is 19.4 Å². The maximum absolute atomic E-state index is 14.4. The highest BCUT2D eigenvalue weighted by molar-refractivity contribution is 6.10. The first-order valence-corrected chi connectivity index (χ1v) is 14.3. The summed E-state index contributed by atoms with van der Waals surface area (Å²) in [5.41, 5.74) is 4.37. The van der Waals surface area contributed by atoms with Gasteiger partial charge in [-0.15, -0.1) is 0 Å². The van der Waals surface area contributed by atoms with Crippen LogP contribution in [-0.4, -0.2) is 76.3 Å². The van der Waals surface area contributed by atoms with Crippen LogP contribution in [0.3, 0.4) is 0 Å². The number of aliphatic hydroxyl groups is 1. The Balaban J connectivity index is 1.79. The fourth-order valence-corrected chi connectivity index (χ4v) is 5.35. The largest absolute Gasteiger partial charge is 0.394 e. The second-order valence-electron chi connectivity index (χ2n) is 11.6. The van der Waals surface area contributed by atoms with Crippen molar-refractivity contribution in [3.05, 3.63) is 59.8 Å². The third kappa shape index (κ3) is 5.88. The van der Waals surface area contributed by atoms with Crippen molar-refractivity contribution in [3.8, 4) is 11.1 Å². The number of benzene rings is 2. The molecule has 1 aromatic heterocycles. The number of likely N-dealkylation sites (N-methyl/N-ethyl adjacent to an activating group) is 1. The van der Waals surface area contributed by atoms with Crippen molar-refractivity contribution in [3.63, 3.8) is 0 Å². The Hall–Kier alpha value is -3.36. The van der Waals surface area contributed by atoms with Crippen LogP contribution < -0.4 is 5.32 Å². The van der Waals surface area contributed by atoms with E-state index in [2.05, 4.69) is 25.2 Å². The zero-order chi connectivity index (χ0) is 29.1. The van der Waals surface area contributed by atoms with Crippen molar-refractivity contribution in [1.29, 1.82) is 0 Å². The van der Waals surface area contributed by atoms with Crippen LogP contribution in [0.4, 0.5) is 4.79 Å². The van der Waals surface area contributed by atoms with Gasteiger partial charge < -0.3 is 29.5 Å². The van der Waals surface area contributed by atoms with Crippen molar-refractivity contribution in [2.24, 2.45) is 18.9 Å². The van der Waals surface area contributed by atoms with Gasteiger partial charge in [-0.3, -0.25) is 4.79 Å². The molecule has 0 saturated heterocycles. The number of aromatic nitrogens is 1. The van der Waals surface area contributed by atoms with Gasteiger partial charge in [-0.1, -0.05) is 63.2 Å². The van der Waals surface area contributed by atoms with Crippen molar-refractivity contribution in [1.82, 2.24) is 19.7 Å². The van der Waals surface area contributed by atoms with Gasteiger partial charge in [0.25, 0.3) is 5.91 Å². The Bertz CT molecular complexity index is 1350. The maximum atomic E-state index is 14.4. The molecule has 0 radical (unpaired) electrons. The zero-order valence-corrected chi connectivity index (χ0v) is 24.8. The first-order chi connectivity index (χ1) is 19.0. The van der Waals surface area contributed by atoms with E-state index in [1.54, 1.807) is 16.8 Å². The van der Waals surface area contributed by atoms with Crippen LogP contribution in [0.15, 0.2) is 48.5 Å². The molecule has 2 aromatic carbocycles. The van der Waals surface area contributed by atoms with Gasteiger partial charge in [0.15, 0.2) is 0 Å². The highest BCUT2D eigenvalue weighted by Gasteiger charge is 2.34. The fourth-order valence-electron chi connectivity index (χ4n) is 5.35. The molecule has 0 fully saturated rings. The van der Waals surface area contributed by atoms with E-state index in [-0.39, 0.29) is 36.6 Å². The molecule has 8 heteroatoms. The lowest BCUT2D eigenvalue weighted by atomic mass is 9.96. The van der Waals surface area contributed by atoms with E-state index >= 15 is 0 Å². The van der Waals surface area contributed by atoms with Crippen LogP contribution in [0, 0.1) is 11.8 Å². The molecule has 2 N–H and O–H groups in total. The molecule has 0 unspecified atom stereocenters. The lowest BCUT2D eigenvalue weighted by Crippen LogP contribution is -2.50. The summed E-state index contributed by atoms with van der Waals surface area (Å²) in [4.78, 5) is 30.8. The molecular weight excluding hydrogens is 504 g/mol. The number of ether oxygens (including phenoxy) is 1. The van der Waals surface area contributed by atoms with E-state index in [4.69, 9.17) is 4.74 Å². The average Bonchev–Trinajstić information content (AvgIpc) is 3.23. The van der Waals surface area contributed by atoms with Crippen molar-refractivity contribution in [2.75, 3.05) is 26.7 Å². The van der Waals surface area contributed by atoms with Crippen molar-refractivity contribution >= 4 is 22.8 Å². The van der Waals surface area contributed by atoms with Gasteiger partial charge in [0, 0.05) is 55.6 Å². The Kier molecular flexibility index (Phi) is 9.21. The molecule has 8 nitrogen and oxygen atoms in total. The van der Waals surface area contributed by atoms with Crippen molar-refractivity contribution in [2.45, 2.75) is 59.4 Å². The monoisotopic (exact) mass is 548 g/mol. The highest BCUT2D eigenvalue weighted by atomic mass is 16.5. The summed E-state index contributed by atoms with van der Waals surface area (Å²) in [6, 6.07) is 15.6. The van der Waals surface area contributed by atoms with Gasteiger partial charge in [0.1, 0.15) is 5.69 Å². The number of rotatable bonds is 6. The average molecular weight is 549 g/mol. The summed E-state index contributed by atoms with van der Waals surface area (Å²) in [7, 11) is 3.70. The molecular formula is C32H44N4O4. The SMILES string of the molecule is CC(C)[C@@H](C)NC(=O)N(C)C[C@H]1OCc2ccccc2-c2c(n(C)c3ccccc23)C(=O)N([C@H](C)CO)C[C@@H]1C. The maximum Gasteiger partial charge on any atom is 0.317 e. The number of carbonyl (C=O) groups excluding carboxylic acids is 2. The summed E-state index contributed by atoms with van der Waals surface area (Å²) in [5.74, 6) is 0.0761. The normalized spacial score (nSPS) is 19.5. The number of hydrogen-bond donors (Lipinski definition) is 2. The summed E-state index contributed by atoms with van der Waals surface area (Å²) < 4.78 is 8.56. The smallest absolute Gasteiger partial charge is 0.317 e. The third-order valence-electron chi connectivity index (χ3n) is 8.38. The number of nitrogens with one attached hydrogen (secondary N) is 1. The number of carbonyl (C=O) groups is 2. The predicted octanol–water partition coefficient (Wildman–Crippen LogP) is 4.89. The van der Waals surface area contributed by atoms with Crippen LogP contribution >= 0.6 is 0 Å².